The van der Waals surface area contributed by atoms with Crippen LogP contribution < -0.4 is 0 Å². The molecule has 2 amide bonds. The second kappa shape index (κ2) is 11.6. The highest BCUT2D eigenvalue weighted by atomic mass is 19.4. The van der Waals surface area contributed by atoms with E-state index in [1.807, 2.05) is 0 Å². The predicted molar refractivity (Wildman–Crippen MR) is 136 cm³/mol. The zero-order chi connectivity index (χ0) is 31.0. The Morgan fingerprint density at radius 2 is 1.69 bits per heavy atom. The molecule has 0 saturated carbocycles. The molecule has 226 valence electrons. The topological polar surface area (TPSA) is 67.7 Å². The van der Waals surface area contributed by atoms with E-state index in [-0.39, 0.29) is 31.0 Å². The molecular formula is C28H27F7N4O3. The lowest BCUT2D eigenvalue weighted by atomic mass is 9.90. The number of rotatable bonds is 4. The maximum atomic E-state index is 13.9. The summed E-state index contributed by atoms with van der Waals surface area (Å²) in [4.78, 5) is 32.5. The molecule has 0 N–H and O–H groups in total. The third-order valence-corrected chi connectivity index (χ3v) is 7.35. The second-order valence-corrected chi connectivity index (χ2v) is 10.1. The fourth-order valence-corrected chi connectivity index (χ4v) is 4.96. The summed E-state index contributed by atoms with van der Waals surface area (Å²) in [5.41, 5.74) is -2.28. The van der Waals surface area contributed by atoms with Crippen LogP contribution in [-0.4, -0.2) is 51.2 Å². The number of piperidine rings is 1. The Morgan fingerprint density at radius 3 is 2.24 bits per heavy atom. The molecule has 3 atom stereocenters. The van der Waals surface area contributed by atoms with Crippen LogP contribution in [0.5, 0.6) is 0 Å². The minimum atomic E-state index is -5.04. The Bertz CT molecular complexity index is 1410. The van der Waals surface area contributed by atoms with Gasteiger partial charge in [-0.15, -0.1) is 0 Å². The fraction of sp³-hybridized carbons (Fsp3) is 0.393. The van der Waals surface area contributed by atoms with Crippen LogP contribution in [-0.2, 0) is 17.1 Å². The number of imidazole rings is 1. The van der Waals surface area contributed by atoms with Gasteiger partial charge in [0, 0.05) is 38.8 Å². The van der Waals surface area contributed by atoms with Gasteiger partial charge in [0.1, 0.15) is 18.2 Å². The molecule has 14 heteroatoms. The molecule has 42 heavy (non-hydrogen) atoms. The highest BCUT2D eigenvalue weighted by Crippen LogP contribution is 2.40. The first kappa shape index (κ1) is 30.8. The number of alkyl halides is 6. The van der Waals surface area contributed by atoms with Crippen molar-refractivity contribution in [1.82, 2.24) is 19.4 Å². The molecule has 4 rings (SSSR count). The molecular weight excluding hydrogens is 573 g/mol. The number of likely N-dealkylation sites (tertiary alicyclic amines) is 1. The van der Waals surface area contributed by atoms with Gasteiger partial charge in [-0.2, -0.15) is 26.3 Å². The summed E-state index contributed by atoms with van der Waals surface area (Å²) in [5.74, 6) is -0.510. The van der Waals surface area contributed by atoms with Crippen molar-refractivity contribution in [2.75, 3.05) is 13.6 Å². The van der Waals surface area contributed by atoms with Crippen LogP contribution in [0.25, 0.3) is 0 Å². The van der Waals surface area contributed by atoms with Gasteiger partial charge in [0.2, 0.25) is 0 Å². The van der Waals surface area contributed by atoms with Crippen LogP contribution in [0.4, 0.5) is 40.3 Å². The lowest BCUT2D eigenvalue weighted by Gasteiger charge is -2.42. The maximum Gasteiger partial charge on any atom is 0.419 e. The van der Waals surface area contributed by atoms with Crippen molar-refractivity contribution in [2.24, 2.45) is 0 Å². The quantitative estimate of drug-likeness (QED) is 0.294. The van der Waals surface area contributed by atoms with Crippen molar-refractivity contribution in [2.45, 2.75) is 57.2 Å². The molecule has 0 aliphatic carbocycles. The number of hydrogen-bond acceptors (Lipinski definition) is 4. The predicted octanol–water partition coefficient (Wildman–Crippen LogP) is 7.37. The molecule has 7 nitrogen and oxygen atoms in total. The SMILES string of the molecule is Cc1cc(F)ccc1[C@H]1C[C@@H](OC(=O)n2ccnc2)CCN1C(=O)N(C)[C@H](C)c1cc(C(F)(F)F)cc(C(F)(F)F)c1. The number of carbonyl (C=O) groups is 2. The Kier molecular flexibility index (Phi) is 8.55. The summed E-state index contributed by atoms with van der Waals surface area (Å²) in [7, 11) is 1.28. The van der Waals surface area contributed by atoms with E-state index in [0.29, 0.717) is 23.3 Å². The highest BCUT2D eigenvalue weighted by Gasteiger charge is 2.40. The van der Waals surface area contributed by atoms with E-state index < -0.39 is 59.6 Å². The van der Waals surface area contributed by atoms with Crippen LogP contribution in [0.15, 0.2) is 55.1 Å². The van der Waals surface area contributed by atoms with E-state index in [9.17, 15) is 40.3 Å². The lowest BCUT2D eigenvalue weighted by Crippen LogP contribution is -2.49. The number of aryl methyl sites for hydroxylation is 1. The monoisotopic (exact) mass is 600 g/mol. The molecule has 1 aliphatic rings. The van der Waals surface area contributed by atoms with E-state index in [1.54, 1.807) is 6.92 Å². The van der Waals surface area contributed by atoms with Gasteiger partial charge in [0.25, 0.3) is 0 Å². The minimum Gasteiger partial charge on any atom is -0.445 e. The molecule has 0 radical (unpaired) electrons. The minimum absolute atomic E-state index is 0.0290. The smallest absolute Gasteiger partial charge is 0.419 e. The van der Waals surface area contributed by atoms with Gasteiger partial charge in [-0.1, -0.05) is 6.07 Å². The van der Waals surface area contributed by atoms with Crippen LogP contribution in [0.3, 0.4) is 0 Å². The molecule has 3 aromatic rings. The van der Waals surface area contributed by atoms with Gasteiger partial charge in [-0.05, 0) is 60.9 Å². The Hall–Kier alpha value is -4.10. The zero-order valence-electron chi connectivity index (χ0n) is 22.7. The fourth-order valence-electron chi connectivity index (χ4n) is 4.96. The summed E-state index contributed by atoms with van der Waals surface area (Å²) in [6.07, 6.45) is -7.06. The van der Waals surface area contributed by atoms with E-state index in [4.69, 9.17) is 4.74 Å². The molecule has 0 unspecified atom stereocenters. The lowest BCUT2D eigenvalue weighted by molar-refractivity contribution is -0.143. The van der Waals surface area contributed by atoms with E-state index in [1.165, 1.54) is 55.8 Å². The summed E-state index contributed by atoms with van der Waals surface area (Å²) >= 11 is 0. The average molecular weight is 601 g/mol. The number of ether oxygens (including phenoxy) is 1. The van der Waals surface area contributed by atoms with Crippen molar-refractivity contribution in [3.63, 3.8) is 0 Å². The third kappa shape index (κ3) is 6.68. The van der Waals surface area contributed by atoms with Crippen LogP contribution in [0, 0.1) is 12.7 Å². The van der Waals surface area contributed by atoms with E-state index >= 15 is 0 Å². The van der Waals surface area contributed by atoms with Crippen LogP contribution in [0.1, 0.15) is 59.7 Å². The van der Waals surface area contributed by atoms with Gasteiger partial charge in [0.15, 0.2) is 0 Å². The Morgan fingerprint density at radius 1 is 1.05 bits per heavy atom. The number of aromatic nitrogens is 2. The molecule has 1 saturated heterocycles. The number of nitrogens with zero attached hydrogens (tertiary/aromatic N) is 4. The van der Waals surface area contributed by atoms with Crippen molar-refractivity contribution in [3.8, 4) is 0 Å². The summed E-state index contributed by atoms with van der Waals surface area (Å²) < 4.78 is 101. The molecule has 1 aliphatic heterocycles. The van der Waals surface area contributed by atoms with Crippen LogP contribution in [0.2, 0.25) is 0 Å². The summed E-state index contributed by atoms with van der Waals surface area (Å²) in [5, 5.41) is 0. The first-order valence-electron chi connectivity index (χ1n) is 12.8. The third-order valence-electron chi connectivity index (χ3n) is 7.35. The van der Waals surface area contributed by atoms with E-state index in [2.05, 4.69) is 4.98 Å². The van der Waals surface area contributed by atoms with Crippen molar-refractivity contribution in [3.05, 3.63) is 88.8 Å². The first-order chi connectivity index (χ1) is 19.6. The van der Waals surface area contributed by atoms with Gasteiger partial charge >= 0.3 is 24.5 Å². The Balaban J connectivity index is 1.63. The largest absolute Gasteiger partial charge is 0.445 e. The molecule has 1 aromatic heterocycles. The molecule has 2 heterocycles. The molecule has 0 bridgehead atoms. The average Bonchev–Trinajstić information content (AvgIpc) is 3.46. The molecule has 2 aromatic carbocycles. The zero-order valence-corrected chi connectivity index (χ0v) is 22.7. The summed E-state index contributed by atoms with van der Waals surface area (Å²) in [6, 6.07) is 2.57. The van der Waals surface area contributed by atoms with Gasteiger partial charge < -0.3 is 14.5 Å². The number of benzene rings is 2. The van der Waals surface area contributed by atoms with Gasteiger partial charge in [-0.25, -0.2) is 23.5 Å². The molecule has 0 spiro atoms. The number of urea groups is 1. The highest BCUT2D eigenvalue weighted by molar-refractivity contribution is 5.76. The standard InChI is InChI=1S/C28H27F7N4O3/c1-16-10-21(29)4-5-23(16)24-14-22(42-26(41)38-9-7-36-15-38)6-8-39(24)25(40)37(3)17(2)18-11-19(27(30,31)32)13-20(12-18)28(33,34)35/h4-5,7,9-13,15,17,22,24H,6,8,14H2,1-3H3/t17-,22+,24-/m1/s1. The van der Waals surface area contributed by atoms with Crippen LogP contribution >= 0.6 is 0 Å². The summed E-state index contributed by atoms with van der Waals surface area (Å²) in [6.45, 7) is 3.00. The van der Waals surface area contributed by atoms with E-state index in [0.717, 1.165) is 9.47 Å². The molecule has 1 fully saturated rings. The number of halogens is 7. The number of carbonyl (C=O) groups excluding carboxylic acids is 2. The Labute approximate surface area is 236 Å². The number of hydrogen-bond donors (Lipinski definition) is 0. The van der Waals surface area contributed by atoms with Gasteiger partial charge in [-0.3, -0.25) is 0 Å². The van der Waals surface area contributed by atoms with Crippen molar-refractivity contribution < 1.29 is 45.1 Å². The van der Waals surface area contributed by atoms with Crippen molar-refractivity contribution in [1.29, 1.82) is 0 Å². The second-order valence-electron chi connectivity index (χ2n) is 10.1. The maximum absolute atomic E-state index is 13.9. The normalized spacial score (nSPS) is 18.5. The first-order valence-corrected chi connectivity index (χ1v) is 12.8. The van der Waals surface area contributed by atoms with Crippen molar-refractivity contribution >= 4 is 12.1 Å². The number of amides is 2. The van der Waals surface area contributed by atoms with Gasteiger partial charge in [0.05, 0.1) is 23.2 Å².